The van der Waals surface area contributed by atoms with Crippen molar-refractivity contribution in [3.05, 3.63) is 21.9 Å². The monoisotopic (exact) mass is 482 g/mol. The summed E-state index contributed by atoms with van der Waals surface area (Å²) in [6.45, 7) is 0. The quantitative estimate of drug-likeness (QED) is 0.513. The number of halogens is 4. The first-order valence-electron chi connectivity index (χ1n) is 8.25. The van der Waals surface area contributed by atoms with E-state index in [0.29, 0.717) is 27.3 Å². The molecular weight excluding hydrogens is 464 g/mol. The van der Waals surface area contributed by atoms with Crippen LogP contribution in [0.15, 0.2) is 23.1 Å². The number of fused-ring (bicyclic) bond motifs is 3. The second-order valence-corrected chi connectivity index (χ2v) is 8.77. The summed E-state index contributed by atoms with van der Waals surface area (Å²) in [4.78, 5) is 2.61. The highest BCUT2D eigenvalue weighted by Gasteiger charge is 2.40. The molecule has 2 fully saturated rings. The molecule has 3 atom stereocenters. The van der Waals surface area contributed by atoms with Gasteiger partial charge in [-0.3, -0.25) is 4.90 Å². The first kappa shape index (κ1) is 17.7. The van der Waals surface area contributed by atoms with E-state index >= 15 is 0 Å². The Morgan fingerprint density at radius 3 is 2.76 bits per heavy atom. The molecule has 0 radical (unpaired) electrons. The Hall–Kier alpha value is -0.680. The Morgan fingerprint density at radius 1 is 1.24 bits per heavy atom. The van der Waals surface area contributed by atoms with Crippen molar-refractivity contribution in [3.63, 3.8) is 0 Å². The summed E-state index contributed by atoms with van der Waals surface area (Å²) in [7, 11) is 2.17. The molecule has 2 saturated heterocycles. The van der Waals surface area contributed by atoms with Crippen molar-refractivity contribution in [1.29, 1.82) is 0 Å². The van der Waals surface area contributed by atoms with E-state index in [9.17, 15) is 13.2 Å². The summed E-state index contributed by atoms with van der Waals surface area (Å²) in [5.74, 6) is 0.758. The standard InChI is InChI=1S/C16H18F3IN4S/c1-23-9-5-7-10(11(23)8-6-9)21-13-4-2-3-12-14(25-16(17,18)19)15(20)22-24(12)13/h2-4,9-11,21H,5-8H2,1H3/t9-,10-,11-/m1/s1. The lowest BCUT2D eigenvalue weighted by Crippen LogP contribution is -2.48. The van der Waals surface area contributed by atoms with Gasteiger partial charge in [-0.1, -0.05) is 6.07 Å². The van der Waals surface area contributed by atoms with Crippen molar-refractivity contribution in [2.75, 3.05) is 12.4 Å². The number of hydrogen-bond donors (Lipinski definition) is 1. The van der Waals surface area contributed by atoms with Crippen molar-refractivity contribution in [2.45, 2.75) is 54.2 Å². The maximum absolute atomic E-state index is 12.8. The number of likely N-dealkylation sites (N-methyl/N-ethyl adjacent to an activating group) is 1. The van der Waals surface area contributed by atoms with E-state index in [2.05, 4.69) is 22.4 Å². The average Bonchev–Trinajstić information content (AvgIpc) is 2.95. The molecule has 0 saturated carbocycles. The SMILES string of the molecule is CN1[C@H]2CC[C@@H]1[C@H](Nc1cccc3c(SC(F)(F)F)c(I)nn13)CC2. The maximum Gasteiger partial charge on any atom is 0.446 e. The van der Waals surface area contributed by atoms with Gasteiger partial charge in [0.05, 0.1) is 10.4 Å². The number of rotatable bonds is 3. The van der Waals surface area contributed by atoms with Gasteiger partial charge < -0.3 is 5.32 Å². The molecule has 2 bridgehead atoms. The number of nitrogens with zero attached hydrogens (tertiary/aromatic N) is 3. The van der Waals surface area contributed by atoms with Crippen LogP contribution in [0, 0.1) is 3.70 Å². The molecule has 4 rings (SSSR count). The summed E-state index contributed by atoms with van der Waals surface area (Å²) in [5.41, 5.74) is -3.83. The van der Waals surface area contributed by atoms with Crippen molar-refractivity contribution in [3.8, 4) is 0 Å². The Bertz CT molecular complexity index is 794. The molecule has 25 heavy (non-hydrogen) atoms. The lowest BCUT2D eigenvalue weighted by Gasteiger charge is -2.38. The van der Waals surface area contributed by atoms with Gasteiger partial charge in [0, 0.05) is 18.1 Å². The van der Waals surface area contributed by atoms with Crippen LogP contribution in [0.2, 0.25) is 0 Å². The smallest absolute Gasteiger partial charge is 0.366 e. The number of piperidine rings is 1. The van der Waals surface area contributed by atoms with Crippen LogP contribution in [0.3, 0.4) is 0 Å². The van der Waals surface area contributed by atoms with Crippen molar-refractivity contribution in [1.82, 2.24) is 14.5 Å². The summed E-state index contributed by atoms with van der Waals surface area (Å²) >= 11 is 1.78. The molecule has 4 heterocycles. The Morgan fingerprint density at radius 2 is 2.00 bits per heavy atom. The van der Waals surface area contributed by atoms with E-state index in [1.54, 1.807) is 16.6 Å². The summed E-state index contributed by atoms with van der Waals surface area (Å²) in [5, 5.41) is 7.90. The predicted octanol–water partition coefficient (Wildman–Crippen LogP) is 4.59. The van der Waals surface area contributed by atoms with Crippen LogP contribution in [-0.4, -0.2) is 45.2 Å². The molecule has 0 unspecified atom stereocenters. The molecular formula is C16H18F3IN4S. The number of alkyl halides is 3. The van der Waals surface area contributed by atoms with E-state index in [1.807, 2.05) is 28.7 Å². The number of anilines is 1. The third-order valence-electron chi connectivity index (χ3n) is 5.29. The number of nitrogens with one attached hydrogen (secondary N) is 1. The van der Waals surface area contributed by atoms with Crippen LogP contribution in [0.4, 0.5) is 19.0 Å². The highest BCUT2D eigenvalue weighted by Crippen LogP contribution is 2.42. The van der Waals surface area contributed by atoms with Crippen molar-refractivity contribution >= 4 is 45.7 Å². The zero-order chi connectivity index (χ0) is 17.8. The van der Waals surface area contributed by atoms with Gasteiger partial charge in [-0.15, -0.1) is 0 Å². The Kier molecular flexibility index (Phi) is 4.60. The molecule has 0 aromatic carbocycles. The Balaban J connectivity index is 1.65. The zero-order valence-corrected chi connectivity index (χ0v) is 16.5. The van der Waals surface area contributed by atoms with Gasteiger partial charge in [-0.05, 0) is 79.2 Å². The summed E-state index contributed by atoms with van der Waals surface area (Å²) in [6.07, 6.45) is 4.64. The maximum atomic E-state index is 12.8. The molecule has 0 spiro atoms. The van der Waals surface area contributed by atoms with Crippen LogP contribution in [0.25, 0.3) is 5.52 Å². The molecule has 1 N–H and O–H groups in total. The molecule has 4 nitrogen and oxygen atoms in total. The number of pyridine rings is 1. The fourth-order valence-electron chi connectivity index (χ4n) is 4.14. The second kappa shape index (κ2) is 6.49. The van der Waals surface area contributed by atoms with E-state index in [4.69, 9.17) is 0 Å². The third-order valence-corrected chi connectivity index (χ3v) is 7.25. The largest absolute Gasteiger partial charge is 0.446 e. The molecule has 2 aromatic rings. The van der Waals surface area contributed by atoms with E-state index in [0.717, 1.165) is 18.7 Å². The Labute approximate surface area is 161 Å². The fraction of sp³-hybridized carbons (Fsp3) is 0.562. The lowest BCUT2D eigenvalue weighted by molar-refractivity contribution is -0.0328. The van der Waals surface area contributed by atoms with Crippen LogP contribution in [0.5, 0.6) is 0 Å². The van der Waals surface area contributed by atoms with Gasteiger partial charge >= 0.3 is 5.51 Å². The number of aromatic nitrogens is 2. The minimum Gasteiger partial charge on any atom is -0.366 e. The first-order valence-corrected chi connectivity index (χ1v) is 10.1. The van der Waals surface area contributed by atoms with Crippen LogP contribution in [0.1, 0.15) is 25.7 Å². The van der Waals surface area contributed by atoms with E-state index in [1.165, 1.54) is 12.8 Å². The lowest BCUT2D eigenvalue weighted by atomic mass is 9.98. The van der Waals surface area contributed by atoms with Crippen LogP contribution in [-0.2, 0) is 0 Å². The third kappa shape index (κ3) is 3.34. The highest BCUT2D eigenvalue weighted by atomic mass is 127. The average molecular weight is 482 g/mol. The summed E-state index contributed by atoms with van der Waals surface area (Å²) in [6, 6.07) is 6.83. The molecule has 2 aliphatic rings. The first-order chi connectivity index (χ1) is 11.8. The van der Waals surface area contributed by atoms with Gasteiger partial charge in [0.25, 0.3) is 0 Å². The minimum absolute atomic E-state index is 0.0964. The molecule has 0 amide bonds. The molecule has 9 heteroatoms. The number of hydrogen-bond acceptors (Lipinski definition) is 4. The topological polar surface area (TPSA) is 32.6 Å². The van der Waals surface area contributed by atoms with Crippen LogP contribution < -0.4 is 5.32 Å². The molecule has 0 aliphatic carbocycles. The normalized spacial score (nSPS) is 27.2. The van der Waals surface area contributed by atoms with Crippen molar-refractivity contribution < 1.29 is 13.2 Å². The zero-order valence-electron chi connectivity index (χ0n) is 13.6. The molecule has 2 aromatic heterocycles. The second-order valence-electron chi connectivity index (χ2n) is 6.67. The fourth-order valence-corrected chi connectivity index (χ4v) is 5.57. The molecule has 136 valence electrons. The highest BCUT2D eigenvalue weighted by molar-refractivity contribution is 14.1. The predicted molar refractivity (Wildman–Crippen MR) is 101 cm³/mol. The van der Waals surface area contributed by atoms with Gasteiger partial charge in [0.2, 0.25) is 0 Å². The van der Waals surface area contributed by atoms with Gasteiger partial charge in [-0.2, -0.15) is 18.3 Å². The molecule has 2 aliphatic heterocycles. The number of thioether (sulfide) groups is 1. The summed E-state index contributed by atoms with van der Waals surface area (Å²) < 4.78 is 40.5. The van der Waals surface area contributed by atoms with E-state index in [-0.39, 0.29) is 16.7 Å². The van der Waals surface area contributed by atoms with Gasteiger partial charge in [0.1, 0.15) is 9.52 Å². The van der Waals surface area contributed by atoms with Gasteiger partial charge in [-0.25, -0.2) is 4.52 Å². The van der Waals surface area contributed by atoms with Crippen LogP contribution >= 0.6 is 34.4 Å². The minimum atomic E-state index is -4.32. The van der Waals surface area contributed by atoms with E-state index < -0.39 is 5.51 Å². The van der Waals surface area contributed by atoms with Gasteiger partial charge in [0.15, 0.2) is 0 Å². The van der Waals surface area contributed by atoms with Crippen molar-refractivity contribution in [2.24, 2.45) is 0 Å².